The molecule has 2 nitrogen and oxygen atoms in total. The van der Waals surface area contributed by atoms with Gasteiger partial charge in [0.15, 0.2) is 0 Å². The van der Waals surface area contributed by atoms with E-state index in [-0.39, 0.29) is 24.8 Å². The summed E-state index contributed by atoms with van der Waals surface area (Å²) in [6, 6.07) is 1.64. The molecule has 0 aromatic carbocycles. The molecular weight excluding hydrogens is 195 g/mol. The number of likely N-dealkylation sites (tertiary alicyclic amines) is 1. The van der Waals surface area contributed by atoms with E-state index in [0.29, 0.717) is 0 Å². The monoisotopic (exact) mass is 212 g/mol. The molecule has 2 bridgehead atoms. The number of fused-ring (bicyclic) bond motifs is 2. The Balaban J connectivity index is 0.000000605. The van der Waals surface area contributed by atoms with Gasteiger partial charge in [-0.25, -0.2) is 0 Å². The molecule has 2 saturated heterocycles. The normalized spacial score (nSPS) is 33.8. The second kappa shape index (κ2) is 5.28. The van der Waals surface area contributed by atoms with Gasteiger partial charge in [0.1, 0.15) is 0 Å². The second-order valence-corrected chi connectivity index (χ2v) is 3.49. The van der Waals surface area contributed by atoms with E-state index in [2.05, 4.69) is 17.1 Å². The highest BCUT2D eigenvalue weighted by molar-refractivity contribution is 5.85. The van der Waals surface area contributed by atoms with Gasteiger partial charge >= 0.3 is 0 Å². The average molecular weight is 213 g/mol. The quantitative estimate of drug-likeness (QED) is 0.706. The zero-order chi connectivity index (χ0) is 6.97. The van der Waals surface area contributed by atoms with Crippen molar-refractivity contribution in [2.75, 3.05) is 19.6 Å². The molecule has 2 fully saturated rings. The van der Waals surface area contributed by atoms with Crippen LogP contribution in [0.1, 0.15) is 19.8 Å². The first kappa shape index (κ1) is 12.5. The van der Waals surface area contributed by atoms with Gasteiger partial charge in [0.25, 0.3) is 0 Å². The fourth-order valence-electron chi connectivity index (χ4n) is 2.15. The number of rotatable bonds is 1. The molecule has 2 heterocycles. The maximum absolute atomic E-state index is 3.61. The maximum Gasteiger partial charge on any atom is 0.0198 e. The highest BCUT2D eigenvalue weighted by Crippen LogP contribution is 2.19. The van der Waals surface area contributed by atoms with Crippen LogP contribution in [-0.2, 0) is 0 Å². The molecule has 0 radical (unpaired) electrons. The van der Waals surface area contributed by atoms with Crippen LogP contribution in [0, 0.1) is 0 Å². The van der Waals surface area contributed by atoms with E-state index >= 15 is 0 Å². The summed E-state index contributed by atoms with van der Waals surface area (Å²) in [5.74, 6) is 0. The lowest BCUT2D eigenvalue weighted by molar-refractivity contribution is 0.205. The molecule has 2 rings (SSSR count). The summed E-state index contributed by atoms with van der Waals surface area (Å²) < 4.78 is 0. The first-order chi connectivity index (χ1) is 4.88. The van der Waals surface area contributed by atoms with Gasteiger partial charge in [-0.05, 0) is 19.4 Å². The summed E-state index contributed by atoms with van der Waals surface area (Å²) in [6.07, 6.45) is 2.81. The molecule has 0 spiro atoms. The van der Waals surface area contributed by atoms with Crippen molar-refractivity contribution in [1.29, 1.82) is 0 Å². The highest BCUT2D eigenvalue weighted by atomic mass is 35.5. The average Bonchev–Trinajstić information content (AvgIpc) is 2.30. The fourth-order valence-corrected chi connectivity index (χ4v) is 2.15. The molecular formula is C8H18Cl2N2. The van der Waals surface area contributed by atoms with E-state index in [1.807, 2.05) is 0 Å². The molecule has 4 heteroatoms. The molecule has 74 valence electrons. The molecule has 0 aromatic heterocycles. The SMILES string of the molecule is CCN1CC2CCC(C1)N2.Cl.Cl. The Labute approximate surface area is 86.9 Å². The lowest BCUT2D eigenvalue weighted by atomic mass is 10.2. The Morgan fingerprint density at radius 3 is 2.08 bits per heavy atom. The van der Waals surface area contributed by atoms with Crippen LogP contribution in [0.3, 0.4) is 0 Å². The van der Waals surface area contributed by atoms with Crippen LogP contribution < -0.4 is 5.32 Å². The van der Waals surface area contributed by atoms with Crippen molar-refractivity contribution in [1.82, 2.24) is 10.2 Å². The number of nitrogens with zero attached hydrogens (tertiary/aromatic N) is 1. The van der Waals surface area contributed by atoms with E-state index in [9.17, 15) is 0 Å². The standard InChI is InChI=1S/C8H16N2.2ClH/c1-2-10-5-7-3-4-8(6-10)9-7;;/h7-9H,2-6H2,1H3;2*1H. The molecule has 2 unspecified atom stereocenters. The minimum absolute atomic E-state index is 0. The van der Waals surface area contributed by atoms with Crippen LogP contribution in [0.25, 0.3) is 0 Å². The molecule has 12 heavy (non-hydrogen) atoms. The van der Waals surface area contributed by atoms with Gasteiger partial charge < -0.3 is 10.2 Å². The van der Waals surface area contributed by atoms with Crippen LogP contribution in [0.15, 0.2) is 0 Å². The third kappa shape index (κ3) is 2.49. The van der Waals surface area contributed by atoms with Crippen molar-refractivity contribution < 1.29 is 0 Å². The van der Waals surface area contributed by atoms with Gasteiger partial charge in [0.2, 0.25) is 0 Å². The molecule has 0 aliphatic carbocycles. The van der Waals surface area contributed by atoms with Gasteiger partial charge in [-0.1, -0.05) is 6.92 Å². The lowest BCUT2D eigenvalue weighted by Crippen LogP contribution is -2.50. The summed E-state index contributed by atoms with van der Waals surface area (Å²) in [7, 11) is 0. The Morgan fingerprint density at radius 1 is 1.17 bits per heavy atom. The smallest absolute Gasteiger partial charge is 0.0198 e. The fraction of sp³-hybridized carbons (Fsp3) is 1.00. The van der Waals surface area contributed by atoms with Crippen molar-refractivity contribution in [2.24, 2.45) is 0 Å². The molecule has 0 amide bonds. The van der Waals surface area contributed by atoms with Gasteiger partial charge in [-0.15, -0.1) is 24.8 Å². The molecule has 2 atom stereocenters. The van der Waals surface area contributed by atoms with Crippen molar-refractivity contribution in [3.8, 4) is 0 Å². The first-order valence-electron chi connectivity index (χ1n) is 4.37. The van der Waals surface area contributed by atoms with Crippen molar-refractivity contribution in [3.05, 3.63) is 0 Å². The Kier molecular flexibility index (Phi) is 5.50. The van der Waals surface area contributed by atoms with Gasteiger partial charge in [0.05, 0.1) is 0 Å². The number of hydrogen-bond donors (Lipinski definition) is 1. The molecule has 2 aliphatic heterocycles. The highest BCUT2D eigenvalue weighted by Gasteiger charge is 2.30. The minimum atomic E-state index is 0. The topological polar surface area (TPSA) is 15.3 Å². The van der Waals surface area contributed by atoms with Crippen molar-refractivity contribution >= 4 is 24.8 Å². The predicted octanol–water partition coefficient (Wildman–Crippen LogP) is 1.29. The van der Waals surface area contributed by atoms with E-state index < -0.39 is 0 Å². The Bertz CT molecular complexity index is 120. The van der Waals surface area contributed by atoms with Gasteiger partial charge in [-0.3, -0.25) is 0 Å². The van der Waals surface area contributed by atoms with E-state index in [0.717, 1.165) is 12.1 Å². The van der Waals surface area contributed by atoms with Gasteiger partial charge in [-0.2, -0.15) is 0 Å². The number of likely N-dealkylation sites (N-methyl/N-ethyl adjacent to an activating group) is 1. The van der Waals surface area contributed by atoms with Crippen molar-refractivity contribution in [2.45, 2.75) is 31.8 Å². The number of halogens is 2. The Hall–Kier alpha value is 0.500. The lowest BCUT2D eigenvalue weighted by Gasteiger charge is -2.31. The van der Waals surface area contributed by atoms with Crippen LogP contribution in [0.5, 0.6) is 0 Å². The van der Waals surface area contributed by atoms with E-state index in [1.54, 1.807) is 0 Å². The van der Waals surface area contributed by atoms with Crippen molar-refractivity contribution in [3.63, 3.8) is 0 Å². The number of hydrogen-bond acceptors (Lipinski definition) is 2. The maximum atomic E-state index is 3.61. The zero-order valence-electron chi connectivity index (χ0n) is 7.45. The molecule has 0 aromatic rings. The third-order valence-electron chi connectivity index (χ3n) is 2.74. The molecule has 1 N–H and O–H groups in total. The van der Waals surface area contributed by atoms with Crippen LogP contribution >= 0.6 is 24.8 Å². The third-order valence-corrected chi connectivity index (χ3v) is 2.74. The summed E-state index contributed by atoms with van der Waals surface area (Å²) in [4.78, 5) is 2.55. The molecule has 2 aliphatic rings. The number of piperazine rings is 1. The summed E-state index contributed by atoms with van der Waals surface area (Å²) in [5.41, 5.74) is 0. The summed E-state index contributed by atoms with van der Waals surface area (Å²) in [6.45, 7) is 6.06. The van der Waals surface area contributed by atoms with Crippen LogP contribution in [0.4, 0.5) is 0 Å². The second-order valence-electron chi connectivity index (χ2n) is 3.49. The molecule has 0 saturated carbocycles. The Morgan fingerprint density at radius 2 is 1.67 bits per heavy atom. The summed E-state index contributed by atoms with van der Waals surface area (Å²) in [5, 5.41) is 3.61. The number of nitrogens with one attached hydrogen (secondary N) is 1. The minimum Gasteiger partial charge on any atom is -0.309 e. The van der Waals surface area contributed by atoms with Gasteiger partial charge in [0, 0.05) is 25.2 Å². The zero-order valence-corrected chi connectivity index (χ0v) is 9.09. The first-order valence-corrected chi connectivity index (χ1v) is 4.37. The van der Waals surface area contributed by atoms with E-state index in [1.165, 1.54) is 32.5 Å². The van der Waals surface area contributed by atoms with E-state index in [4.69, 9.17) is 0 Å². The van der Waals surface area contributed by atoms with Crippen LogP contribution in [-0.4, -0.2) is 36.6 Å². The van der Waals surface area contributed by atoms with Crippen LogP contribution in [0.2, 0.25) is 0 Å². The summed E-state index contributed by atoms with van der Waals surface area (Å²) >= 11 is 0. The largest absolute Gasteiger partial charge is 0.309 e. The predicted molar refractivity (Wildman–Crippen MR) is 56.6 cm³/mol.